The second-order valence-electron chi connectivity index (χ2n) is 5.36. The zero-order valence-electron chi connectivity index (χ0n) is 11.3. The van der Waals surface area contributed by atoms with Gasteiger partial charge in [0.15, 0.2) is 0 Å². The summed E-state index contributed by atoms with van der Waals surface area (Å²) in [6.45, 7) is 3.08. The minimum absolute atomic E-state index is 0.502. The van der Waals surface area contributed by atoms with Crippen molar-refractivity contribution >= 4 is 5.65 Å². The maximum absolute atomic E-state index is 4.66. The van der Waals surface area contributed by atoms with Gasteiger partial charge in [-0.25, -0.2) is 4.98 Å². The summed E-state index contributed by atoms with van der Waals surface area (Å²) in [4.78, 5) is 7.12. The molecule has 0 aliphatic carbocycles. The molecule has 0 amide bonds. The summed E-state index contributed by atoms with van der Waals surface area (Å²) in [6, 6.07) is 8.59. The Morgan fingerprint density at radius 3 is 3.05 bits per heavy atom. The molecule has 102 valence electrons. The van der Waals surface area contributed by atoms with Crippen LogP contribution in [0.4, 0.5) is 0 Å². The molecule has 4 rings (SSSR count). The molecule has 3 aromatic rings. The van der Waals surface area contributed by atoms with Crippen molar-refractivity contribution in [2.45, 2.75) is 19.0 Å². The third-order valence-electron chi connectivity index (χ3n) is 3.95. The third kappa shape index (κ3) is 2.10. The van der Waals surface area contributed by atoms with Gasteiger partial charge in [-0.15, -0.1) is 0 Å². The Hall–Kier alpha value is -2.14. The van der Waals surface area contributed by atoms with E-state index in [4.69, 9.17) is 0 Å². The molecule has 0 saturated carbocycles. The normalized spacial score (nSPS) is 19.9. The first kappa shape index (κ1) is 11.7. The van der Waals surface area contributed by atoms with Crippen molar-refractivity contribution in [1.29, 1.82) is 0 Å². The van der Waals surface area contributed by atoms with Gasteiger partial charge in [-0.2, -0.15) is 5.10 Å². The van der Waals surface area contributed by atoms with E-state index in [0.717, 1.165) is 37.4 Å². The summed E-state index contributed by atoms with van der Waals surface area (Å²) in [6.07, 6.45) is 9.23. The summed E-state index contributed by atoms with van der Waals surface area (Å²) >= 11 is 0. The molecule has 0 spiro atoms. The molecular weight excluding hydrogens is 250 g/mol. The van der Waals surface area contributed by atoms with Gasteiger partial charge < -0.3 is 4.40 Å². The summed E-state index contributed by atoms with van der Waals surface area (Å²) in [7, 11) is 0. The monoisotopic (exact) mass is 267 g/mol. The largest absolute Gasteiger partial charge is 0.307 e. The lowest BCUT2D eigenvalue weighted by Gasteiger charge is -2.14. The summed E-state index contributed by atoms with van der Waals surface area (Å²) in [5.74, 6) is 0. The molecule has 0 radical (unpaired) electrons. The van der Waals surface area contributed by atoms with Crippen LogP contribution in [-0.4, -0.2) is 37.2 Å². The highest BCUT2D eigenvalue weighted by Crippen LogP contribution is 2.22. The molecule has 5 nitrogen and oxygen atoms in total. The highest BCUT2D eigenvalue weighted by atomic mass is 15.3. The van der Waals surface area contributed by atoms with Gasteiger partial charge >= 0.3 is 0 Å². The summed E-state index contributed by atoms with van der Waals surface area (Å²) in [5, 5.41) is 4.34. The second kappa shape index (κ2) is 4.76. The highest BCUT2D eigenvalue weighted by molar-refractivity contribution is 5.39. The van der Waals surface area contributed by atoms with Crippen LogP contribution in [0.15, 0.2) is 49.1 Å². The maximum atomic E-state index is 4.66. The Kier molecular flexibility index (Phi) is 2.77. The van der Waals surface area contributed by atoms with E-state index in [1.165, 1.54) is 0 Å². The number of hydrogen-bond acceptors (Lipinski definition) is 3. The average Bonchev–Trinajstić information content (AvgIpc) is 3.18. The molecule has 0 bridgehead atoms. The number of fused-ring (bicyclic) bond motifs is 1. The highest BCUT2D eigenvalue weighted by Gasteiger charge is 2.24. The molecule has 0 N–H and O–H groups in total. The minimum atomic E-state index is 0.502. The zero-order valence-corrected chi connectivity index (χ0v) is 11.3. The Morgan fingerprint density at radius 1 is 1.20 bits per heavy atom. The van der Waals surface area contributed by atoms with E-state index in [2.05, 4.69) is 36.5 Å². The lowest BCUT2D eigenvalue weighted by molar-refractivity contribution is 0.308. The van der Waals surface area contributed by atoms with E-state index < -0.39 is 0 Å². The van der Waals surface area contributed by atoms with Gasteiger partial charge in [0.2, 0.25) is 0 Å². The molecule has 4 heterocycles. The number of nitrogens with zero attached hydrogens (tertiary/aromatic N) is 5. The number of pyridine rings is 1. The van der Waals surface area contributed by atoms with Gasteiger partial charge in [0.1, 0.15) is 5.65 Å². The number of aromatic nitrogens is 4. The molecule has 20 heavy (non-hydrogen) atoms. The fourth-order valence-corrected chi connectivity index (χ4v) is 2.96. The molecule has 1 unspecified atom stereocenters. The van der Waals surface area contributed by atoms with Crippen LogP contribution in [0.25, 0.3) is 5.65 Å². The third-order valence-corrected chi connectivity index (χ3v) is 3.95. The van der Waals surface area contributed by atoms with Crippen LogP contribution < -0.4 is 0 Å². The quantitative estimate of drug-likeness (QED) is 0.728. The van der Waals surface area contributed by atoms with Gasteiger partial charge in [0.05, 0.1) is 11.7 Å². The SMILES string of the molecule is c1ccn2cc(CN3CCC(n4cccn4)C3)nc2c1. The van der Waals surface area contributed by atoms with E-state index in [9.17, 15) is 0 Å². The van der Waals surface area contributed by atoms with Crippen LogP contribution in [-0.2, 0) is 6.54 Å². The van der Waals surface area contributed by atoms with Crippen LogP contribution in [0.5, 0.6) is 0 Å². The van der Waals surface area contributed by atoms with Gasteiger partial charge in [0.25, 0.3) is 0 Å². The van der Waals surface area contributed by atoms with E-state index in [1.54, 1.807) is 0 Å². The molecule has 3 aromatic heterocycles. The Morgan fingerprint density at radius 2 is 2.20 bits per heavy atom. The van der Waals surface area contributed by atoms with Crippen LogP contribution in [0.2, 0.25) is 0 Å². The molecular formula is C15H17N5. The fourth-order valence-electron chi connectivity index (χ4n) is 2.96. The van der Waals surface area contributed by atoms with Crippen molar-refractivity contribution in [2.24, 2.45) is 0 Å². The minimum Gasteiger partial charge on any atom is -0.307 e. The fraction of sp³-hybridized carbons (Fsp3) is 0.333. The second-order valence-corrected chi connectivity index (χ2v) is 5.36. The number of imidazole rings is 1. The van der Waals surface area contributed by atoms with Crippen LogP contribution in [0.3, 0.4) is 0 Å². The molecule has 0 aromatic carbocycles. The van der Waals surface area contributed by atoms with Crippen LogP contribution >= 0.6 is 0 Å². The van der Waals surface area contributed by atoms with E-state index in [-0.39, 0.29) is 0 Å². The standard InChI is InChI=1S/C15H17N5/c1-2-7-19-11-13(17-15(19)4-1)10-18-9-5-14(12-18)20-8-3-6-16-20/h1-4,6-8,11,14H,5,9-10,12H2. The Labute approximate surface area is 117 Å². The van der Waals surface area contributed by atoms with Crippen LogP contribution in [0, 0.1) is 0 Å². The summed E-state index contributed by atoms with van der Waals surface area (Å²) in [5.41, 5.74) is 2.16. The lowest BCUT2D eigenvalue weighted by Crippen LogP contribution is -2.21. The number of likely N-dealkylation sites (tertiary alicyclic amines) is 1. The molecule has 5 heteroatoms. The number of rotatable bonds is 3. The van der Waals surface area contributed by atoms with Crippen molar-refractivity contribution in [3.63, 3.8) is 0 Å². The lowest BCUT2D eigenvalue weighted by atomic mass is 10.3. The van der Waals surface area contributed by atoms with Crippen molar-refractivity contribution in [3.05, 3.63) is 54.7 Å². The van der Waals surface area contributed by atoms with E-state index >= 15 is 0 Å². The number of hydrogen-bond donors (Lipinski definition) is 0. The van der Waals surface area contributed by atoms with Crippen molar-refractivity contribution in [3.8, 4) is 0 Å². The van der Waals surface area contributed by atoms with Crippen LogP contribution in [0.1, 0.15) is 18.2 Å². The van der Waals surface area contributed by atoms with Crippen molar-refractivity contribution in [1.82, 2.24) is 24.1 Å². The molecule has 1 atom stereocenters. The first-order chi connectivity index (χ1) is 9.88. The Balaban J connectivity index is 1.47. The average molecular weight is 267 g/mol. The first-order valence-corrected chi connectivity index (χ1v) is 7.02. The van der Waals surface area contributed by atoms with Crippen molar-refractivity contribution in [2.75, 3.05) is 13.1 Å². The van der Waals surface area contributed by atoms with Crippen molar-refractivity contribution < 1.29 is 0 Å². The molecule has 1 aliphatic rings. The van der Waals surface area contributed by atoms with E-state index in [0.29, 0.717) is 6.04 Å². The van der Waals surface area contributed by atoms with Gasteiger partial charge in [0, 0.05) is 44.4 Å². The van der Waals surface area contributed by atoms with Gasteiger partial charge in [-0.1, -0.05) is 6.07 Å². The summed E-state index contributed by atoms with van der Waals surface area (Å²) < 4.78 is 4.15. The molecule has 1 fully saturated rings. The van der Waals surface area contributed by atoms with E-state index in [1.807, 2.05) is 36.7 Å². The zero-order chi connectivity index (χ0) is 13.4. The Bertz CT molecular complexity index is 667. The molecule has 1 aliphatic heterocycles. The predicted molar refractivity (Wildman–Crippen MR) is 76.4 cm³/mol. The predicted octanol–water partition coefficient (Wildman–Crippen LogP) is 1.98. The van der Waals surface area contributed by atoms with Gasteiger partial charge in [-0.3, -0.25) is 9.58 Å². The smallest absolute Gasteiger partial charge is 0.137 e. The molecule has 1 saturated heterocycles. The first-order valence-electron chi connectivity index (χ1n) is 7.02. The topological polar surface area (TPSA) is 38.4 Å². The van der Waals surface area contributed by atoms with Gasteiger partial charge in [-0.05, 0) is 24.6 Å². The maximum Gasteiger partial charge on any atom is 0.137 e.